The fourth-order valence-electron chi connectivity index (χ4n) is 2.96. The van der Waals surface area contributed by atoms with Gasteiger partial charge in [-0.3, -0.25) is 0 Å². The average molecular weight is 290 g/mol. The minimum Gasteiger partial charge on any atom is -0.358 e. The highest BCUT2D eigenvalue weighted by molar-refractivity contribution is 5.58. The Labute approximate surface area is 126 Å². The van der Waals surface area contributed by atoms with E-state index in [-0.39, 0.29) is 0 Å². The molecule has 6 nitrogen and oxygen atoms in total. The molecule has 6 heteroatoms. The highest BCUT2D eigenvalue weighted by Crippen LogP contribution is 2.39. The Kier molecular flexibility index (Phi) is 4.26. The first-order valence-electron chi connectivity index (χ1n) is 7.97. The molecule has 0 amide bonds. The van der Waals surface area contributed by atoms with Crippen LogP contribution in [0.25, 0.3) is 0 Å². The molecule has 3 N–H and O–H groups in total. The summed E-state index contributed by atoms with van der Waals surface area (Å²) >= 11 is 0. The van der Waals surface area contributed by atoms with Gasteiger partial charge in [-0.05, 0) is 45.7 Å². The number of hydrogen-bond donors (Lipinski definition) is 2. The molecule has 0 bridgehead atoms. The number of aromatic nitrogens is 2. The Morgan fingerprint density at radius 3 is 2.62 bits per heavy atom. The lowest BCUT2D eigenvalue weighted by molar-refractivity contribution is 0.346. The van der Waals surface area contributed by atoms with Crippen LogP contribution >= 0.6 is 0 Å². The van der Waals surface area contributed by atoms with Crippen LogP contribution in [0.5, 0.6) is 0 Å². The highest BCUT2D eigenvalue weighted by atomic mass is 15.3. The number of hydrazine groups is 1. The van der Waals surface area contributed by atoms with Crippen molar-refractivity contribution in [2.75, 3.05) is 43.6 Å². The Morgan fingerprint density at radius 2 is 2.00 bits per heavy atom. The third kappa shape index (κ3) is 3.27. The van der Waals surface area contributed by atoms with Crippen LogP contribution in [0.2, 0.25) is 0 Å². The van der Waals surface area contributed by atoms with Gasteiger partial charge < -0.3 is 15.2 Å². The second kappa shape index (κ2) is 6.15. The fraction of sp³-hybridized carbons (Fsp3) is 0.733. The van der Waals surface area contributed by atoms with Gasteiger partial charge in [-0.25, -0.2) is 15.8 Å². The summed E-state index contributed by atoms with van der Waals surface area (Å²) in [5, 5.41) is 0. The van der Waals surface area contributed by atoms with Crippen LogP contribution in [0, 0.1) is 6.92 Å². The van der Waals surface area contributed by atoms with E-state index in [2.05, 4.69) is 27.3 Å². The number of anilines is 2. The van der Waals surface area contributed by atoms with E-state index in [4.69, 9.17) is 10.8 Å². The first kappa shape index (κ1) is 14.5. The summed E-state index contributed by atoms with van der Waals surface area (Å²) in [6.07, 6.45) is 5.07. The standard InChI is InChI=1S/C15H26N6/c1-11-13(19-16)17-14(12-5-6-12)18-15(11)20(2)9-10-21-7-3-4-8-21/h12H,3-10,16H2,1-2H3,(H,17,18,19). The van der Waals surface area contributed by atoms with E-state index in [9.17, 15) is 0 Å². The lowest BCUT2D eigenvalue weighted by atomic mass is 10.2. The minimum atomic E-state index is 0.531. The number of rotatable bonds is 6. The molecule has 116 valence electrons. The van der Waals surface area contributed by atoms with Gasteiger partial charge in [-0.1, -0.05) is 0 Å². The van der Waals surface area contributed by atoms with Gasteiger partial charge in [-0.15, -0.1) is 0 Å². The average Bonchev–Trinajstić information content (AvgIpc) is 3.21. The van der Waals surface area contributed by atoms with Crippen LogP contribution in [-0.2, 0) is 0 Å². The van der Waals surface area contributed by atoms with Gasteiger partial charge in [0.25, 0.3) is 0 Å². The number of nitrogens with zero attached hydrogens (tertiary/aromatic N) is 4. The summed E-state index contributed by atoms with van der Waals surface area (Å²) in [7, 11) is 2.11. The molecule has 2 heterocycles. The van der Waals surface area contributed by atoms with E-state index in [1.54, 1.807) is 0 Å². The van der Waals surface area contributed by atoms with E-state index in [1.165, 1.54) is 38.8 Å². The van der Waals surface area contributed by atoms with E-state index in [0.717, 1.165) is 36.1 Å². The van der Waals surface area contributed by atoms with E-state index in [1.807, 2.05) is 6.92 Å². The van der Waals surface area contributed by atoms with Crippen molar-refractivity contribution in [3.63, 3.8) is 0 Å². The molecule has 0 aromatic carbocycles. The molecule has 3 rings (SSSR count). The molecule has 1 saturated heterocycles. The minimum absolute atomic E-state index is 0.531. The molecular formula is C15H26N6. The van der Waals surface area contributed by atoms with Crippen LogP contribution < -0.4 is 16.2 Å². The normalized spacial score (nSPS) is 19.0. The third-order valence-electron chi connectivity index (χ3n) is 4.53. The molecule has 1 aliphatic heterocycles. The van der Waals surface area contributed by atoms with E-state index in [0.29, 0.717) is 5.92 Å². The van der Waals surface area contributed by atoms with Gasteiger partial charge in [0.05, 0.1) is 0 Å². The van der Waals surface area contributed by atoms with E-state index >= 15 is 0 Å². The predicted octanol–water partition coefficient (Wildman–Crippen LogP) is 1.48. The van der Waals surface area contributed by atoms with E-state index < -0.39 is 0 Å². The lowest BCUT2D eigenvalue weighted by Crippen LogP contribution is -2.32. The number of nitrogens with one attached hydrogen (secondary N) is 1. The van der Waals surface area contributed by atoms with Crippen molar-refractivity contribution < 1.29 is 0 Å². The van der Waals surface area contributed by atoms with Crippen LogP contribution in [-0.4, -0.2) is 48.1 Å². The molecule has 1 aromatic rings. The summed E-state index contributed by atoms with van der Waals surface area (Å²) in [4.78, 5) is 14.1. The highest BCUT2D eigenvalue weighted by Gasteiger charge is 2.28. The smallest absolute Gasteiger partial charge is 0.148 e. The van der Waals surface area contributed by atoms with Crippen LogP contribution in [0.15, 0.2) is 0 Å². The fourth-order valence-corrected chi connectivity index (χ4v) is 2.96. The predicted molar refractivity (Wildman–Crippen MR) is 85.5 cm³/mol. The molecule has 1 saturated carbocycles. The molecule has 2 aliphatic rings. The van der Waals surface area contributed by atoms with Crippen LogP contribution in [0.3, 0.4) is 0 Å². The van der Waals surface area contributed by atoms with Crippen molar-refractivity contribution in [1.82, 2.24) is 14.9 Å². The lowest BCUT2D eigenvalue weighted by Gasteiger charge is -2.24. The summed E-state index contributed by atoms with van der Waals surface area (Å²) in [6.45, 7) is 6.60. The zero-order valence-electron chi connectivity index (χ0n) is 13.1. The Bertz CT molecular complexity index is 493. The molecule has 2 fully saturated rings. The van der Waals surface area contributed by atoms with Crippen LogP contribution in [0.4, 0.5) is 11.6 Å². The van der Waals surface area contributed by atoms with Crippen molar-refractivity contribution in [1.29, 1.82) is 0 Å². The van der Waals surface area contributed by atoms with Gasteiger partial charge >= 0.3 is 0 Å². The van der Waals surface area contributed by atoms with Gasteiger partial charge in [-0.2, -0.15) is 0 Å². The van der Waals surface area contributed by atoms with Gasteiger partial charge in [0.1, 0.15) is 17.5 Å². The summed E-state index contributed by atoms with van der Waals surface area (Å²) in [6, 6.07) is 0. The van der Waals surface area contributed by atoms with Crippen molar-refractivity contribution >= 4 is 11.6 Å². The number of hydrogen-bond acceptors (Lipinski definition) is 6. The van der Waals surface area contributed by atoms with Crippen LogP contribution in [0.1, 0.15) is 43.0 Å². The largest absolute Gasteiger partial charge is 0.358 e. The molecule has 0 atom stereocenters. The van der Waals surface area contributed by atoms with Crippen molar-refractivity contribution in [3.05, 3.63) is 11.4 Å². The number of nitrogens with two attached hydrogens (primary N) is 1. The topological polar surface area (TPSA) is 70.3 Å². The van der Waals surface area contributed by atoms with Crippen molar-refractivity contribution in [2.45, 2.75) is 38.5 Å². The maximum Gasteiger partial charge on any atom is 0.148 e. The van der Waals surface area contributed by atoms with Gasteiger partial charge in [0.15, 0.2) is 0 Å². The number of likely N-dealkylation sites (N-methyl/N-ethyl adjacent to an activating group) is 1. The first-order chi connectivity index (χ1) is 10.2. The van der Waals surface area contributed by atoms with Gasteiger partial charge in [0.2, 0.25) is 0 Å². The number of likely N-dealkylation sites (tertiary alicyclic amines) is 1. The molecule has 0 spiro atoms. The maximum absolute atomic E-state index is 5.62. The maximum atomic E-state index is 5.62. The number of nitrogen functional groups attached to an aromatic ring is 1. The SMILES string of the molecule is Cc1c(NN)nc(C2CC2)nc1N(C)CCN1CCCC1. The second-order valence-electron chi connectivity index (χ2n) is 6.27. The molecule has 21 heavy (non-hydrogen) atoms. The zero-order chi connectivity index (χ0) is 14.8. The first-order valence-corrected chi connectivity index (χ1v) is 7.97. The van der Waals surface area contributed by atoms with Crippen molar-refractivity contribution in [2.24, 2.45) is 5.84 Å². The summed E-state index contributed by atoms with van der Waals surface area (Å²) < 4.78 is 0. The third-order valence-corrected chi connectivity index (χ3v) is 4.53. The Morgan fingerprint density at radius 1 is 1.29 bits per heavy atom. The Balaban J connectivity index is 1.73. The monoisotopic (exact) mass is 290 g/mol. The van der Waals surface area contributed by atoms with Crippen molar-refractivity contribution in [3.8, 4) is 0 Å². The molecule has 1 aromatic heterocycles. The summed E-state index contributed by atoms with van der Waals surface area (Å²) in [5.74, 6) is 8.86. The second-order valence-corrected chi connectivity index (χ2v) is 6.27. The molecular weight excluding hydrogens is 264 g/mol. The quantitative estimate of drug-likeness (QED) is 0.611. The van der Waals surface area contributed by atoms with Gasteiger partial charge in [0, 0.05) is 31.6 Å². The summed E-state index contributed by atoms with van der Waals surface area (Å²) in [5.41, 5.74) is 3.76. The Hall–Kier alpha value is -1.40. The molecule has 0 radical (unpaired) electrons. The molecule has 1 aliphatic carbocycles. The zero-order valence-corrected chi connectivity index (χ0v) is 13.1. The molecule has 0 unspecified atom stereocenters.